The molecule has 0 saturated carbocycles. The molecular weight excluding hydrogens is 463 g/mol. The van der Waals surface area contributed by atoms with Crippen LogP contribution < -0.4 is 26.2 Å². The third-order valence-electron chi connectivity index (χ3n) is 8.67. The SMILES string of the molecule is CC1CCN(c2ccc3c(c2)Sc2cccc4c2B3c2ccc(N3CCC(C)CC3)cc2S4)CC1. The standard InChI is InChI=1S/C30H33BN2S2/c1-20-10-14-32(15-11-20)22-6-8-24-28(18-22)34-26-4-3-5-27-30(26)31(24)25-9-7-23(19-29(25)35-27)33-16-12-21(2)13-17-33/h3-9,18-21H,10-17H2,1-2H3. The second-order valence-electron chi connectivity index (χ2n) is 11.1. The Kier molecular flexibility index (Phi) is 5.62. The van der Waals surface area contributed by atoms with E-state index >= 15 is 0 Å². The van der Waals surface area contributed by atoms with Crippen LogP contribution in [0, 0.1) is 11.8 Å². The summed E-state index contributed by atoms with van der Waals surface area (Å²) in [4.78, 5) is 11.0. The molecule has 0 aliphatic carbocycles. The van der Waals surface area contributed by atoms with Gasteiger partial charge < -0.3 is 9.80 Å². The normalized spacial score (nSPS) is 19.9. The van der Waals surface area contributed by atoms with Gasteiger partial charge in [0.2, 0.25) is 6.71 Å². The maximum absolute atomic E-state index is 2.60. The van der Waals surface area contributed by atoms with E-state index in [1.165, 1.54) is 99.2 Å². The molecule has 4 aliphatic heterocycles. The van der Waals surface area contributed by atoms with Gasteiger partial charge in [-0.25, -0.2) is 0 Å². The molecular formula is C30H33BN2S2. The molecule has 3 aromatic carbocycles. The number of anilines is 2. The molecule has 5 heteroatoms. The fourth-order valence-electron chi connectivity index (χ4n) is 6.33. The molecule has 0 amide bonds. The van der Waals surface area contributed by atoms with E-state index < -0.39 is 0 Å². The lowest BCUT2D eigenvalue weighted by molar-refractivity contribution is 0.438. The Labute approximate surface area is 218 Å². The van der Waals surface area contributed by atoms with Crippen LogP contribution in [0.5, 0.6) is 0 Å². The van der Waals surface area contributed by atoms with Crippen molar-refractivity contribution in [2.45, 2.75) is 59.1 Å². The predicted octanol–water partition coefficient (Wildman–Crippen LogP) is 5.60. The summed E-state index contributed by atoms with van der Waals surface area (Å²) >= 11 is 3.96. The molecule has 0 unspecified atom stereocenters. The molecule has 178 valence electrons. The van der Waals surface area contributed by atoms with Gasteiger partial charge in [0.25, 0.3) is 0 Å². The predicted molar refractivity (Wildman–Crippen MR) is 153 cm³/mol. The van der Waals surface area contributed by atoms with Gasteiger partial charge in [0, 0.05) is 57.1 Å². The molecule has 0 radical (unpaired) electrons. The second-order valence-corrected chi connectivity index (χ2v) is 13.3. The third kappa shape index (κ3) is 3.90. The lowest BCUT2D eigenvalue weighted by Crippen LogP contribution is -2.58. The highest BCUT2D eigenvalue weighted by molar-refractivity contribution is 8.01. The maximum Gasteiger partial charge on any atom is 0.247 e. The van der Waals surface area contributed by atoms with Crippen molar-refractivity contribution in [3.63, 3.8) is 0 Å². The summed E-state index contributed by atoms with van der Waals surface area (Å²) in [6.45, 7) is 9.88. The number of piperidine rings is 2. The minimum Gasteiger partial charge on any atom is -0.371 e. The number of rotatable bonds is 2. The minimum atomic E-state index is 0.347. The Morgan fingerprint density at radius 2 is 1.09 bits per heavy atom. The van der Waals surface area contributed by atoms with Crippen molar-refractivity contribution in [2.75, 3.05) is 36.0 Å². The first-order chi connectivity index (χ1) is 17.1. The molecule has 4 heterocycles. The van der Waals surface area contributed by atoms with Crippen molar-refractivity contribution < 1.29 is 0 Å². The van der Waals surface area contributed by atoms with Gasteiger partial charge in [-0.3, -0.25) is 0 Å². The number of hydrogen-bond donors (Lipinski definition) is 0. The molecule has 4 aliphatic rings. The lowest BCUT2D eigenvalue weighted by atomic mass is 9.36. The van der Waals surface area contributed by atoms with E-state index in [2.05, 4.69) is 78.2 Å². The van der Waals surface area contributed by atoms with E-state index in [9.17, 15) is 0 Å². The Hall–Kier alpha value is -1.98. The summed E-state index contributed by atoms with van der Waals surface area (Å²) in [6.07, 6.45) is 5.23. The van der Waals surface area contributed by atoms with Crippen molar-refractivity contribution in [2.24, 2.45) is 11.8 Å². The highest BCUT2D eigenvalue weighted by Gasteiger charge is 2.38. The summed E-state index contributed by atoms with van der Waals surface area (Å²) < 4.78 is 0. The lowest BCUT2D eigenvalue weighted by Gasteiger charge is -2.36. The molecule has 3 aromatic rings. The van der Waals surface area contributed by atoms with Gasteiger partial charge in [-0.15, -0.1) is 0 Å². The van der Waals surface area contributed by atoms with Crippen molar-refractivity contribution >= 4 is 58.0 Å². The molecule has 0 atom stereocenters. The maximum atomic E-state index is 2.60. The number of fused-ring (bicyclic) bond motifs is 4. The molecule has 2 fully saturated rings. The Morgan fingerprint density at radius 1 is 0.629 bits per heavy atom. The molecule has 0 N–H and O–H groups in total. The van der Waals surface area contributed by atoms with Gasteiger partial charge in [0.05, 0.1) is 0 Å². The van der Waals surface area contributed by atoms with Crippen LogP contribution >= 0.6 is 23.5 Å². The van der Waals surface area contributed by atoms with Gasteiger partial charge in [0.1, 0.15) is 0 Å². The van der Waals surface area contributed by atoms with E-state index in [0.29, 0.717) is 6.71 Å². The molecule has 0 aromatic heterocycles. The van der Waals surface area contributed by atoms with E-state index in [1.54, 1.807) is 0 Å². The first-order valence-corrected chi connectivity index (χ1v) is 15.0. The van der Waals surface area contributed by atoms with Crippen LogP contribution in [0.4, 0.5) is 11.4 Å². The number of nitrogens with zero attached hydrogens (tertiary/aromatic N) is 2. The first kappa shape index (κ1) is 22.2. The Morgan fingerprint density at radius 3 is 1.54 bits per heavy atom. The minimum absolute atomic E-state index is 0.347. The summed E-state index contributed by atoms with van der Waals surface area (Å²) in [7, 11) is 0. The van der Waals surface area contributed by atoms with Crippen molar-refractivity contribution in [3.05, 3.63) is 54.6 Å². The summed E-state index contributed by atoms with van der Waals surface area (Å²) in [5.41, 5.74) is 7.32. The van der Waals surface area contributed by atoms with Gasteiger partial charge in [0.15, 0.2) is 0 Å². The highest BCUT2D eigenvalue weighted by Crippen LogP contribution is 2.40. The van der Waals surface area contributed by atoms with Crippen LogP contribution in [0.25, 0.3) is 0 Å². The average Bonchev–Trinajstić information content (AvgIpc) is 2.89. The molecule has 2 saturated heterocycles. The van der Waals surface area contributed by atoms with Gasteiger partial charge >= 0.3 is 0 Å². The monoisotopic (exact) mass is 496 g/mol. The summed E-state index contributed by atoms with van der Waals surface area (Å²) in [6, 6.07) is 21.6. The van der Waals surface area contributed by atoms with E-state index in [0.717, 1.165) is 11.8 Å². The summed E-state index contributed by atoms with van der Waals surface area (Å²) in [5.74, 6) is 1.72. The van der Waals surface area contributed by atoms with Crippen molar-refractivity contribution in [3.8, 4) is 0 Å². The molecule has 7 rings (SSSR count). The number of hydrogen-bond acceptors (Lipinski definition) is 4. The zero-order valence-electron chi connectivity index (χ0n) is 20.8. The van der Waals surface area contributed by atoms with Gasteiger partial charge in [-0.1, -0.05) is 66.5 Å². The van der Waals surface area contributed by atoms with E-state index in [-0.39, 0.29) is 0 Å². The van der Waals surface area contributed by atoms with Crippen LogP contribution in [0.15, 0.2) is 74.2 Å². The highest BCUT2D eigenvalue weighted by atomic mass is 32.2. The van der Waals surface area contributed by atoms with E-state index in [1.807, 2.05) is 23.5 Å². The topological polar surface area (TPSA) is 6.48 Å². The molecule has 0 bridgehead atoms. The third-order valence-corrected chi connectivity index (χ3v) is 11.0. The quantitative estimate of drug-likeness (QED) is 0.293. The largest absolute Gasteiger partial charge is 0.371 e. The Bertz CT molecular complexity index is 1180. The van der Waals surface area contributed by atoms with Crippen LogP contribution in [0.1, 0.15) is 39.5 Å². The zero-order chi connectivity index (χ0) is 23.5. The zero-order valence-corrected chi connectivity index (χ0v) is 22.4. The first-order valence-electron chi connectivity index (χ1n) is 13.4. The van der Waals surface area contributed by atoms with Crippen LogP contribution in [0.3, 0.4) is 0 Å². The Balaban J connectivity index is 1.28. The number of benzene rings is 3. The van der Waals surface area contributed by atoms with Crippen molar-refractivity contribution in [1.82, 2.24) is 0 Å². The average molecular weight is 497 g/mol. The second kappa shape index (κ2) is 8.85. The molecule has 35 heavy (non-hydrogen) atoms. The van der Waals surface area contributed by atoms with E-state index in [4.69, 9.17) is 0 Å². The fourth-order valence-corrected chi connectivity index (χ4v) is 8.80. The van der Waals surface area contributed by atoms with Gasteiger partial charge in [-0.05, 0) is 79.4 Å². The fraction of sp³-hybridized carbons (Fsp3) is 0.400. The molecule has 0 spiro atoms. The van der Waals surface area contributed by atoms with Crippen LogP contribution in [-0.2, 0) is 0 Å². The molecule has 2 nitrogen and oxygen atoms in total. The summed E-state index contributed by atoms with van der Waals surface area (Å²) in [5, 5.41) is 0. The van der Waals surface area contributed by atoms with Crippen LogP contribution in [0.2, 0.25) is 0 Å². The van der Waals surface area contributed by atoms with Crippen molar-refractivity contribution in [1.29, 1.82) is 0 Å². The van der Waals surface area contributed by atoms with Gasteiger partial charge in [-0.2, -0.15) is 0 Å². The van der Waals surface area contributed by atoms with Crippen LogP contribution in [-0.4, -0.2) is 32.9 Å². The smallest absolute Gasteiger partial charge is 0.247 e.